The van der Waals surface area contributed by atoms with Crippen LogP contribution in [-0.4, -0.2) is 4.57 Å². The van der Waals surface area contributed by atoms with Crippen LogP contribution in [0.25, 0.3) is 5.69 Å². The zero-order valence-electron chi connectivity index (χ0n) is 15.0. The number of benzene rings is 1. The van der Waals surface area contributed by atoms with Crippen molar-refractivity contribution in [3.05, 3.63) is 48.5 Å². The van der Waals surface area contributed by atoms with Crippen LogP contribution in [0.2, 0.25) is 0 Å². The predicted molar refractivity (Wildman–Crippen MR) is 98.0 cm³/mol. The summed E-state index contributed by atoms with van der Waals surface area (Å²) in [5.41, 5.74) is 1.28. The maximum atomic E-state index is 2.48. The fourth-order valence-corrected chi connectivity index (χ4v) is 3.17. The first-order valence-corrected chi connectivity index (χ1v) is 9.52. The van der Waals surface area contributed by atoms with Crippen LogP contribution in [-0.2, 0) is 13.0 Å². The van der Waals surface area contributed by atoms with Crippen molar-refractivity contribution in [3.63, 3.8) is 0 Å². The number of aryl methyl sites for hydroxylation is 1. The third-order valence-electron chi connectivity index (χ3n) is 4.55. The van der Waals surface area contributed by atoms with Crippen molar-refractivity contribution in [1.82, 2.24) is 4.57 Å². The fourth-order valence-electron chi connectivity index (χ4n) is 3.17. The minimum Gasteiger partial charge on any atom is -0.234 e. The van der Waals surface area contributed by atoms with Gasteiger partial charge in [-0.25, -0.2) is 4.57 Å². The summed E-state index contributed by atoms with van der Waals surface area (Å²) in [6, 6.07) is 10.7. The molecule has 0 radical (unpaired) electrons. The largest absolute Gasteiger partial charge is 0.261 e. The maximum absolute atomic E-state index is 2.48. The Bertz CT molecular complexity index is 542. The van der Waals surface area contributed by atoms with E-state index in [-0.39, 0.29) is 0 Å². The van der Waals surface area contributed by atoms with Gasteiger partial charge in [-0.2, -0.15) is 4.57 Å². The van der Waals surface area contributed by atoms with E-state index < -0.39 is 0 Å². The molecule has 0 bridgehead atoms. The van der Waals surface area contributed by atoms with Crippen LogP contribution in [0.1, 0.15) is 71.0 Å². The summed E-state index contributed by atoms with van der Waals surface area (Å²) < 4.78 is 4.86. The Morgan fingerprint density at radius 1 is 0.826 bits per heavy atom. The lowest BCUT2D eigenvalue weighted by Gasteiger charge is -2.05. The Labute approximate surface area is 142 Å². The molecule has 0 fully saturated rings. The average Bonchev–Trinajstić information content (AvgIpc) is 2.99. The van der Waals surface area contributed by atoms with E-state index in [4.69, 9.17) is 0 Å². The molecule has 1 aromatic carbocycles. The number of unbranched alkanes of at least 4 members (excludes halogenated alkanes) is 6. The van der Waals surface area contributed by atoms with Gasteiger partial charge in [0.1, 0.15) is 18.1 Å². The summed E-state index contributed by atoms with van der Waals surface area (Å²) in [5, 5.41) is 0. The van der Waals surface area contributed by atoms with Gasteiger partial charge in [-0.3, -0.25) is 0 Å². The Balaban J connectivity index is 2.06. The molecule has 23 heavy (non-hydrogen) atoms. The predicted octanol–water partition coefficient (Wildman–Crippen LogP) is 5.47. The zero-order chi connectivity index (χ0) is 16.3. The molecule has 1 aromatic heterocycles. The Kier molecular flexibility index (Phi) is 7.92. The molecule has 0 spiro atoms. The third kappa shape index (κ3) is 5.53. The van der Waals surface area contributed by atoms with Crippen LogP contribution in [0.4, 0.5) is 0 Å². The molecule has 0 amide bonds. The van der Waals surface area contributed by atoms with Crippen LogP contribution in [0.15, 0.2) is 42.7 Å². The molecule has 2 rings (SSSR count). The van der Waals surface area contributed by atoms with E-state index in [0.717, 1.165) is 6.54 Å². The highest BCUT2D eigenvalue weighted by molar-refractivity contribution is 5.31. The van der Waals surface area contributed by atoms with Gasteiger partial charge < -0.3 is 0 Å². The van der Waals surface area contributed by atoms with E-state index in [0.29, 0.717) is 0 Å². The molecule has 0 aliphatic heterocycles. The van der Waals surface area contributed by atoms with Gasteiger partial charge in [0, 0.05) is 6.42 Å². The first kappa shape index (κ1) is 17.8. The molecule has 1 heterocycles. The van der Waals surface area contributed by atoms with Gasteiger partial charge >= 0.3 is 0 Å². The lowest BCUT2D eigenvalue weighted by atomic mass is 10.1. The molecule has 0 saturated carbocycles. The van der Waals surface area contributed by atoms with Crippen LogP contribution in [0, 0.1) is 0 Å². The Hall–Kier alpha value is -1.57. The molecule has 0 aliphatic carbocycles. The highest BCUT2D eigenvalue weighted by Crippen LogP contribution is 2.12. The number of hydrogen-bond acceptors (Lipinski definition) is 0. The summed E-state index contributed by atoms with van der Waals surface area (Å²) in [4.78, 5) is 0. The Morgan fingerprint density at radius 3 is 2.26 bits per heavy atom. The summed E-state index contributed by atoms with van der Waals surface area (Å²) in [5.74, 6) is 1.46. The molecule has 0 aliphatic rings. The molecular formula is C21H33N2+. The van der Waals surface area contributed by atoms with Crippen LogP contribution in [0.3, 0.4) is 0 Å². The van der Waals surface area contributed by atoms with E-state index in [9.17, 15) is 0 Å². The monoisotopic (exact) mass is 313 g/mol. The van der Waals surface area contributed by atoms with E-state index in [1.807, 2.05) is 0 Å². The second-order valence-electron chi connectivity index (χ2n) is 6.48. The number of rotatable bonds is 11. The van der Waals surface area contributed by atoms with E-state index in [1.54, 1.807) is 0 Å². The van der Waals surface area contributed by atoms with Crippen molar-refractivity contribution >= 4 is 0 Å². The van der Waals surface area contributed by atoms with E-state index >= 15 is 0 Å². The molecule has 0 unspecified atom stereocenters. The van der Waals surface area contributed by atoms with Crippen molar-refractivity contribution < 1.29 is 4.57 Å². The lowest BCUT2D eigenvalue weighted by molar-refractivity contribution is -0.704. The third-order valence-corrected chi connectivity index (χ3v) is 4.55. The molecule has 0 atom stereocenters. The van der Waals surface area contributed by atoms with Gasteiger partial charge in [0.25, 0.3) is 5.82 Å². The molecule has 0 saturated heterocycles. The topological polar surface area (TPSA) is 8.81 Å². The molecule has 126 valence electrons. The number of nitrogens with zero attached hydrogens (tertiary/aromatic N) is 2. The van der Waals surface area contributed by atoms with Crippen molar-refractivity contribution in [2.45, 2.75) is 78.2 Å². The zero-order valence-corrected chi connectivity index (χ0v) is 15.0. The normalized spacial score (nSPS) is 11.0. The van der Waals surface area contributed by atoms with Crippen molar-refractivity contribution in [2.75, 3.05) is 0 Å². The molecular weight excluding hydrogens is 280 g/mol. The second-order valence-corrected chi connectivity index (χ2v) is 6.48. The van der Waals surface area contributed by atoms with Crippen LogP contribution in [0.5, 0.6) is 0 Å². The molecule has 2 nitrogen and oxygen atoms in total. The first-order valence-electron chi connectivity index (χ1n) is 9.52. The summed E-state index contributed by atoms with van der Waals surface area (Å²) in [7, 11) is 0. The summed E-state index contributed by atoms with van der Waals surface area (Å²) >= 11 is 0. The minimum atomic E-state index is 1.16. The molecule has 2 heteroatoms. The highest BCUT2D eigenvalue weighted by Gasteiger charge is 2.17. The lowest BCUT2D eigenvalue weighted by Crippen LogP contribution is -2.37. The van der Waals surface area contributed by atoms with Crippen LogP contribution < -0.4 is 4.57 Å². The van der Waals surface area contributed by atoms with Crippen LogP contribution >= 0.6 is 0 Å². The maximum Gasteiger partial charge on any atom is 0.261 e. The quantitative estimate of drug-likeness (QED) is 0.384. The molecule has 2 aromatic rings. The average molecular weight is 314 g/mol. The number of hydrogen-bond donors (Lipinski definition) is 0. The first-order chi connectivity index (χ1) is 11.4. The fraction of sp³-hybridized carbons (Fsp3) is 0.571. The second kappa shape index (κ2) is 10.3. The minimum absolute atomic E-state index is 1.16. The standard InChI is InChI=1S/C21H33N2/c1-3-5-7-8-13-17-22-18-19-23(20-14-11-9-12-15-20)21(22)16-10-6-4-2/h9,11-12,14-15,18-19H,3-8,10,13,16-17H2,1-2H3/q+1. The summed E-state index contributed by atoms with van der Waals surface area (Å²) in [6.07, 6.45) is 16.3. The Morgan fingerprint density at radius 2 is 1.52 bits per heavy atom. The highest BCUT2D eigenvalue weighted by atomic mass is 15.1. The number of imidazole rings is 1. The van der Waals surface area contributed by atoms with Crippen molar-refractivity contribution in [1.29, 1.82) is 0 Å². The summed E-state index contributed by atoms with van der Waals surface area (Å²) in [6.45, 7) is 5.71. The smallest absolute Gasteiger partial charge is 0.234 e. The van der Waals surface area contributed by atoms with Crippen molar-refractivity contribution in [3.8, 4) is 5.69 Å². The SMILES string of the molecule is CCCCCCC[n+]1ccn(-c2ccccc2)c1CCCCC. The molecule has 0 N–H and O–H groups in total. The van der Waals surface area contributed by atoms with Gasteiger partial charge in [-0.1, -0.05) is 64.2 Å². The van der Waals surface area contributed by atoms with Gasteiger partial charge in [-0.05, 0) is 31.4 Å². The van der Waals surface area contributed by atoms with Gasteiger partial charge in [0.15, 0.2) is 0 Å². The van der Waals surface area contributed by atoms with E-state index in [1.165, 1.54) is 69.3 Å². The van der Waals surface area contributed by atoms with Crippen molar-refractivity contribution in [2.24, 2.45) is 0 Å². The number of aromatic nitrogens is 2. The van der Waals surface area contributed by atoms with Gasteiger partial charge in [0.2, 0.25) is 0 Å². The van der Waals surface area contributed by atoms with Gasteiger partial charge in [0.05, 0.1) is 6.54 Å². The van der Waals surface area contributed by atoms with Gasteiger partial charge in [-0.15, -0.1) is 0 Å². The number of para-hydroxylation sites is 1. The van der Waals surface area contributed by atoms with E-state index in [2.05, 4.69) is 65.7 Å².